The van der Waals surface area contributed by atoms with Gasteiger partial charge < -0.3 is 10.1 Å². The fourth-order valence-electron chi connectivity index (χ4n) is 1.94. The van der Waals surface area contributed by atoms with Crippen LogP contribution in [0.2, 0.25) is 0 Å². The Hall–Kier alpha value is -0.940. The van der Waals surface area contributed by atoms with Crippen molar-refractivity contribution in [1.29, 1.82) is 0 Å². The molecule has 4 nitrogen and oxygen atoms in total. The van der Waals surface area contributed by atoms with E-state index in [2.05, 4.69) is 9.69 Å². The molecule has 2 rings (SSSR count). The molecule has 1 aromatic rings. The Kier molecular flexibility index (Phi) is 3.25. The first-order valence-corrected chi connectivity index (χ1v) is 6.15. The minimum atomic E-state index is 0.0800. The summed E-state index contributed by atoms with van der Waals surface area (Å²) in [5.74, 6) is 0.0800. The number of hydrogen-bond donors (Lipinski definition) is 1. The van der Waals surface area contributed by atoms with Crippen LogP contribution in [-0.4, -0.2) is 29.4 Å². The number of aryl methyl sites for hydroxylation is 1. The predicted molar refractivity (Wildman–Crippen MR) is 64.3 cm³/mol. The molecule has 1 heterocycles. The van der Waals surface area contributed by atoms with Crippen molar-refractivity contribution in [3.05, 3.63) is 11.3 Å². The average Bonchev–Trinajstić information content (AvgIpc) is 2.52. The summed E-state index contributed by atoms with van der Waals surface area (Å²) in [7, 11) is 1.73. The Balaban J connectivity index is 2.03. The number of carbonyl (C=O) groups is 1. The fourth-order valence-corrected chi connectivity index (χ4v) is 2.87. The lowest BCUT2D eigenvalue weighted by atomic mass is 9.89. The molecular weight excluding hydrogens is 224 g/mol. The molecule has 0 bridgehead atoms. The molecule has 0 amide bonds. The van der Waals surface area contributed by atoms with E-state index >= 15 is 0 Å². The van der Waals surface area contributed by atoms with Gasteiger partial charge in [-0.1, -0.05) is 0 Å². The van der Waals surface area contributed by atoms with Crippen molar-refractivity contribution in [2.24, 2.45) is 0 Å². The molecule has 0 unspecified atom stereocenters. The minimum absolute atomic E-state index is 0.0800. The van der Waals surface area contributed by atoms with Gasteiger partial charge in [-0.25, -0.2) is 0 Å². The van der Waals surface area contributed by atoms with E-state index in [0.29, 0.717) is 12.1 Å². The van der Waals surface area contributed by atoms with Gasteiger partial charge in [0.1, 0.15) is 5.00 Å². The smallest absolute Gasteiger partial charge is 0.164 e. The number of ether oxygens (including phenoxy) is 1. The topological polar surface area (TPSA) is 51.2 Å². The lowest BCUT2D eigenvalue weighted by molar-refractivity contribution is 0.0329. The van der Waals surface area contributed by atoms with Gasteiger partial charge in [0.2, 0.25) is 0 Å². The lowest BCUT2D eigenvalue weighted by Crippen LogP contribution is -2.40. The number of carbonyl (C=O) groups excluding carboxylic acids is 1. The number of anilines is 1. The second-order valence-corrected chi connectivity index (χ2v) is 4.97. The van der Waals surface area contributed by atoms with E-state index in [1.807, 2.05) is 6.92 Å². The summed E-state index contributed by atoms with van der Waals surface area (Å²) in [6.45, 7) is 3.46. The van der Waals surface area contributed by atoms with Crippen LogP contribution in [-0.2, 0) is 4.74 Å². The zero-order valence-electron chi connectivity index (χ0n) is 9.74. The van der Waals surface area contributed by atoms with Gasteiger partial charge in [-0.05, 0) is 38.2 Å². The number of nitrogens with one attached hydrogen (secondary N) is 1. The van der Waals surface area contributed by atoms with Crippen LogP contribution >= 0.6 is 11.5 Å². The maximum absolute atomic E-state index is 11.5. The lowest BCUT2D eigenvalue weighted by Gasteiger charge is -2.34. The Bertz CT molecular complexity index is 397. The third kappa shape index (κ3) is 2.10. The van der Waals surface area contributed by atoms with E-state index in [9.17, 15) is 4.79 Å². The van der Waals surface area contributed by atoms with E-state index in [1.54, 1.807) is 14.0 Å². The second kappa shape index (κ2) is 4.51. The molecule has 0 atom stereocenters. The first-order valence-electron chi connectivity index (χ1n) is 5.38. The van der Waals surface area contributed by atoms with Crippen molar-refractivity contribution >= 4 is 22.3 Å². The van der Waals surface area contributed by atoms with Crippen LogP contribution in [0.4, 0.5) is 5.00 Å². The third-order valence-corrected chi connectivity index (χ3v) is 3.85. The van der Waals surface area contributed by atoms with E-state index in [0.717, 1.165) is 29.1 Å². The molecule has 0 radical (unpaired) electrons. The number of rotatable bonds is 4. The predicted octanol–water partition coefficient (Wildman–Crippen LogP) is 2.24. The summed E-state index contributed by atoms with van der Waals surface area (Å²) >= 11 is 1.37. The molecule has 1 aliphatic carbocycles. The molecule has 0 spiro atoms. The second-order valence-electron chi connectivity index (χ2n) is 4.20. The quantitative estimate of drug-likeness (QED) is 0.820. The number of aromatic nitrogens is 1. The van der Waals surface area contributed by atoms with Gasteiger partial charge >= 0.3 is 0 Å². The Morgan fingerprint density at radius 2 is 2.25 bits per heavy atom. The highest BCUT2D eigenvalue weighted by molar-refractivity contribution is 7.10. The van der Waals surface area contributed by atoms with E-state index in [1.165, 1.54) is 11.5 Å². The monoisotopic (exact) mass is 240 g/mol. The molecule has 1 N–H and O–H groups in total. The first kappa shape index (κ1) is 11.5. The van der Waals surface area contributed by atoms with Crippen molar-refractivity contribution in [2.75, 3.05) is 12.4 Å². The molecule has 1 aromatic heterocycles. The van der Waals surface area contributed by atoms with Gasteiger partial charge in [0.05, 0.1) is 17.4 Å². The van der Waals surface area contributed by atoms with Crippen LogP contribution in [0.5, 0.6) is 0 Å². The van der Waals surface area contributed by atoms with Gasteiger partial charge in [0, 0.05) is 13.2 Å². The molecule has 16 heavy (non-hydrogen) atoms. The van der Waals surface area contributed by atoms with E-state index < -0.39 is 0 Å². The van der Waals surface area contributed by atoms with Gasteiger partial charge in [0.25, 0.3) is 0 Å². The maximum Gasteiger partial charge on any atom is 0.164 e. The van der Waals surface area contributed by atoms with Crippen molar-refractivity contribution in [2.45, 2.75) is 38.8 Å². The molecule has 0 saturated heterocycles. The van der Waals surface area contributed by atoms with Crippen LogP contribution < -0.4 is 5.32 Å². The molecule has 1 saturated carbocycles. The summed E-state index contributed by atoms with van der Waals surface area (Å²) in [6, 6.07) is 0.419. The average molecular weight is 240 g/mol. The van der Waals surface area contributed by atoms with Crippen molar-refractivity contribution in [3.63, 3.8) is 0 Å². The van der Waals surface area contributed by atoms with Gasteiger partial charge in [-0.2, -0.15) is 4.37 Å². The van der Waals surface area contributed by atoms with E-state index in [-0.39, 0.29) is 5.78 Å². The number of ketones is 1. The summed E-state index contributed by atoms with van der Waals surface area (Å²) in [5, 5.41) is 4.28. The van der Waals surface area contributed by atoms with Crippen LogP contribution in [0.3, 0.4) is 0 Å². The Morgan fingerprint density at radius 3 is 2.81 bits per heavy atom. The summed E-state index contributed by atoms with van der Waals surface area (Å²) in [4.78, 5) is 11.5. The third-order valence-electron chi connectivity index (χ3n) is 2.98. The van der Waals surface area contributed by atoms with E-state index in [4.69, 9.17) is 4.74 Å². The highest BCUT2D eigenvalue weighted by Crippen LogP contribution is 2.31. The molecule has 1 fully saturated rings. The summed E-state index contributed by atoms with van der Waals surface area (Å²) in [5.41, 5.74) is 1.56. The molecular formula is C11H16N2O2S. The standard InChI is InChI=1S/C11H16N2O2S/c1-6-10(7(2)14)11(16-13-6)12-8-4-9(5-8)15-3/h8-9,12H,4-5H2,1-3H3. The number of nitrogens with zero attached hydrogens (tertiary/aromatic N) is 1. The number of methoxy groups -OCH3 is 1. The van der Waals surface area contributed by atoms with Crippen LogP contribution in [0.1, 0.15) is 35.8 Å². The van der Waals surface area contributed by atoms with Gasteiger partial charge in [-0.3, -0.25) is 4.79 Å². The summed E-state index contributed by atoms with van der Waals surface area (Å²) < 4.78 is 9.43. The molecule has 88 valence electrons. The highest BCUT2D eigenvalue weighted by atomic mass is 32.1. The zero-order chi connectivity index (χ0) is 11.7. The minimum Gasteiger partial charge on any atom is -0.381 e. The Labute approximate surface area is 99.2 Å². The normalized spacial score (nSPS) is 23.9. The van der Waals surface area contributed by atoms with Crippen molar-refractivity contribution in [1.82, 2.24) is 4.37 Å². The molecule has 0 aliphatic heterocycles. The summed E-state index contributed by atoms with van der Waals surface area (Å²) in [6.07, 6.45) is 2.38. The van der Waals surface area contributed by atoms with Gasteiger partial charge in [-0.15, -0.1) is 0 Å². The van der Waals surface area contributed by atoms with Crippen LogP contribution in [0, 0.1) is 6.92 Å². The largest absolute Gasteiger partial charge is 0.381 e. The van der Waals surface area contributed by atoms with Crippen molar-refractivity contribution < 1.29 is 9.53 Å². The van der Waals surface area contributed by atoms with Crippen LogP contribution in [0.15, 0.2) is 0 Å². The highest BCUT2D eigenvalue weighted by Gasteiger charge is 2.30. The first-order chi connectivity index (χ1) is 7.61. The molecule has 5 heteroatoms. The number of hydrogen-bond acceptors (Lipinski definition) is 5. The Morgan fingerprint density at radius 1 is 1.56 bits per heavy atom. The molecule has 0 aromatic carbocycles. The maximum atomic E-state index is 11.5. The zero-order valence-corrected chi connectivity index (χ0v) is 10.6. The SMILES string of the molecule is COC1CC(Nc2snc(C)c2C(C)=O)C1. The number of Topliss-reactive ketones (excluding diaryl/α,β-unsaturated/α-hetero) is 1. The molecule has 1 aliphatic rings. The van der Waals surface area contributed by atoms with Crippen LogP contribution in [0.25, 0.3) is 0 Å². The van der Waals surface area contributed by atoms with Crippen molar-refractivity contribution in [3.8, 4) is 0 Å². The fraction of sp³-hybridized carbons (Fsp3) is 0.636. The van der Waals surface area contributed by atoms with Gasteiger partial charge in [0.15, 0.2) is 5.78 Å².